The third-order valence-corrected chi connectivity index (χ3v) is 3.15. The highest BCUT2D eigenvalue weighted by molar-refractivity contribution is 5.39. The molecule has 21 heavy (non-hydrogen) atoms. The molecule has 0 spiro atoms. The minimum absolute atomic E-state index is 0.525. The summed E-state index contributed by atoms with van der Waals surface area (Å²) in [6.07, 6.45) is -0.859. The van der Waals surface area contributed by atoms with Crippen LogP contribution in [0.5, 0.6) is 0 Å². The van der Waals surface area contributed by atoms with Gasteiger partial charge in [-0.2, -0.15) is 10.5 Å². The molecular weight excluding hydrogens is 262 g/mol. The Bertz CT molecular complexity index is 746. The van der Waals surface area contributed by atoms with Gasteiger partial charge in [-0.25, -0.2) is 6.57 Å². The first kappa shape index (κ1) is 14.3. The molecular formula is C17H11N3O. The Hall–Kier alpha value is -3.13. The second kappa shape index (κ2) is 6.35. The number of nitrogens with zero attached hydrogens (tertiary/aromatic N) is 3. The highest BCUT2D eigenvalue weighted by atomic mass is 16.3. The van der Waals surface area contributed by atoms with Crippen molar-refractivity contribution >= 4 is 0 Å². The Balaban J connectivity index is 2.33. The van der Waals surface area contributed by atoms with E-state index in [9.17, 15) is 5.11 Å². The van der Waals surface area contributed by atoms with Gasteiger partial charge in [-0.3, -0.25) is 4.85 Å². The van der Waals surface area contributed by atoms with Crippen molar-refractivity contribution in [2.45, 2.75) is 12.1 Å². The van der Waals surface area contributed by atoms with Crippen molar-refractivity contribution in [3.63, 3.8) is 0 Å². The van der Waals surface area contributed by atoms with Crippen molar-refractivity contribution in [2.24, 2.45) is 0 Å². The van der Waals surface area contributed by atoms with Gasteiger partial charge in [0, 0.05) is 5.56 Å². The van der Waals surface area contributed by atoms with E-state index in [1.165, 1.54) is 0 Å². The Morgan fingerprint density at radius 2 is 1.67 bits per heavy atom. The van der Waals surface area contributed by atoms with E-state index < -0.39 is 12.1 Å². The molecule has 0 aliphatic carbocycles. The Morgan fingerprint density at radius 1 is 1.00 bits per heavy atom. The zero-order valence-electron chi connectivity index (χ0n) is 11.1. The molecule has 0 saturated carbocycles. The summed E-state index contributed by atoms with van der Waals surface area (Å²) in [5, 5.41) is 28.1. The van der Waals surface area contributed by atoms with E-state index in [2.05, 4.69) is 4.85 Å². The monoisotopic (exact) mass is 273 g/mol. The number of aliphatic hydroxyl groups excluding tert-OH is 1. The Labute approximate surface area is 122 Å². The molecule has 2 rings (SSSR count). The summed E-state index contributed by atoms with van der Waals surface area (Å²) < 4.78 is 0. The van der Waals surface area contributed by atoms with E-state index in [1.807, 2.05) is 12.1 Å². The molecule has 0 aromatic heterocycles. The maximum atomic E-state index is 10.4. The standard InChI is InChI=1S/C17H11N3O/c1-20-16(11-19)14-3-2-4-15(9-14)17(21)13-7-5-12(10-18)6-8-13/h2-9,16-17,21H. The molecule has 0 saturated heterocycles. The first-order valence-electron chi connectivity index (χ1n) is 6.23. The predicted molar refractivity (Wildman–Crippen MR) is 76.6 cm³/mol. The molecule has 0 radical (unpaired) electrons. The SMILES string of the molecule is [C-]#[N+]C(C#N)c1cccc(C(O)c2ccc(C#N)cc2)c1. The lowest BCUT2D eigenvalue weighted by molar-refractivity contribution is 0.220. The van der Waals surface area contributed by atoms with Crippen LogP contribution in [0.4, 0.5) is 0 Å². The summed E-state index contributed by atoms with van der Waals surface area (Å²) >= 11 is 0. The number of hydrogen-bond acceptors (Lipinski definition) is 3. The van der Waals surface area contributed by atoms with Gasteiger partial charge in [0.15, 0.2) is 6.07 Å². The number of benzene rings is 2. The van der Waals surface area contributed by atoms with Crippen LogP contribution in [0.2, 0.25) is 0 Å². The van der Waals surface area contributed by atoms with Crippen molar-refractivity contribution < 1.29 is 5.11 Å². The summed E-state index contributed by atoms with van der Waals surface area (Å²) in [6.45, 7) is 6.99. The normalized spacial score (nSPS) is 12.5. The Kier molecular flexibility index (Phi) is 4.32. The van der Waals surface area contributed by atoms with E-state index in [1.54, 1.807) is 48.5 Å². The smallest absolute Gasteiger partial charge is 0.332 e. The molecule has 1 N–H and O–H groups in total. The summed E-state index contributed by atoms with van der Waals surface area (Å²) in [6, 6.07) is 16.5. The minimum Gasteiger partial charge on any atom is -0.384 e. The lowest BCUT2D eigenvalue weighted by Crippen LogP contribution is -2.01. The van der Waals surface area contributed by atoms with Crippen molar-refractivity contribution in [2.75, 3.05) is 0 Å². The lowest BCUT2D eigenvalue weighted by atomic mass is 9.97. The minimum atomic E-state index is -0.863. The van der Waals surface area contributed by atoms with Gasteiger partial charge < -0.3 is 5.11 Å². The van der Waals surface area contributed by atoms with Crippen LogP contribution in [0.25, 0.3) is 4.85 Å². The number of rotatable bonds is 3. The van der Waals surface area contributed by atoms with Gasteiger partial charge in [0.05, 0.1) is 11.6 Å². The molecule has 4 nitrogen and oxygen atoms in total. The van der Waals surface area contributed by atoms with E-state index in [0.29, 0.717) is 22.3 Å². The predicted octanol–water partition coefficient (Wildman–Crippen LogP) is 3.12. The van der Waals surface area contributed by atoms with Crippen molar-refractivity contribution in [1.82, 2.24) is 0 Å². The summed E-state index contributed by atoms with van der Waals surface area (Å²) in [5.74, 6) is 0. The molecule has 4 heteroatoms. The highest BCUT2D eigenvalue weighted by Crippen LogP contribution is 2.25. The van der Waals surface area contributed by atoms with Crippen LogP contribution in [0.3, 0.4) is 0 Å². The first-order valence-corrected chi connectivity index (χ1v) is 6.23. The topological polar surface area (TPSA) is 72.2 Å². The van der Waals surface area contributed by atoms with Crippen LogP contribution in [0.15, 0.2) is 48.5 Å². The van der Waals surface area contributed by atoms with E-state index in [0.717, 1.165) is 0 Å². The van der Waals surface area contributed by atoms with E-state index >= 15 is 0 Å². The summed E-state index contributed by atoms with van der Waals surface area (Å²) in [4.78, 5) is 3.24. The molecule has 2 aromatic carbocycles. The van der Waals surface area contributed by atoms with Gasteiger partial charge in [0.2, 0.25) is 0 Å². The Morgan fingerprint density at radius 3 is 2.24 bits per heavy atom. The number of nitriles is 2. The fourth-order valence-corrected chi connectivity index (χ4v) is 2.01. The van der Waals surface area contributed by atoms with Crippen LogP contribution in [-0.4, -0.2) is 5.11 Å². The second-order valence-electron chi connectivity index (χ2n) is 4.47. The third-order valence-electron chi connectivity index (χ3n) is 3.15. The fourth-order valence-electron chi connectivity index (χ4n) is 2.01. The molecule has 2 unspecified atom stereocenters. The van der Waals surface area contributed by atoms with E-state index in [-0.39, 0.29) is 0 Å². The van der Waals surface area contributed by atoms with Gasteiger partial charge in [-0.05, 0) is 29.3 Å². The lowest BCUT2D eigenvalue weighted by Gasteiger charge is -2.12. The molecule has 0 heterocycles. The largest absolute Gasteiger partial charge is 0.384 e. The molecule has 0 aliphatic heterocycles. The van der Waals surface area contributed by atoms with Crippen molar-refractivity contribution in [3.05, 3.63) is 82.2 Å². The highest BCUT2D eigenvalue weighted by Gasteiger charge is 2.17. The van der Waals surface area contributed by atoms with Crippen LogP contribution in [-0.2, 0) is 0 Å². The number of hydrogen-bond donors (Lipinski definition) is 1. The van der Waals surface area contributed by atoms with Crippen LogP contribution >= 0.6 is 0 Å². The molecule has 0 bridgehead atoms. The fraction of sp³-hybridized carbons (Fsp3) is 0.118. The maximum Gasteiger partial charge on any atom is 0.332 e. The van der Waals surface area contributed by atoms with E-state index in [4.69, 9.17) is 17.1 Å². The quantitative estimate of drug-likeness (QED) is 0.873. The zero-order chi connectivity index (χ0) is 15.2. The summed E-state index contributed by atoms with van der Waals surface area (Å²) in [5.41, 5.74) is 2.36. The third kappa shape index (κ3) is 3.07. The molecule has 0 aliphatic rings. The maximum absolute atomic E-state index is 10.4. The molecule has 0 amide bonds. The second-order valence-corrected chi connectivity index (χ2v) is 4.47. The first-order chi connectivity index (χ1) is 10.2. The van der Waals surface area contributed by atoms with Crippen molar-refractivity contribution in [1.29, 1.82) is 10.5 Å². The van der Waals surface area contributed by atoms with Gasteiger partial charge >= 0.3 is 6.04 Å². The average molecular weight is 273 g/mol. The van der Waals surface area contributed by atoms with Gasteiger partial charge in [0.1, 0.15) is 6.10 Å². The molecule has 2 aromatic rings. The molecule has 100 valence electrons. The van der Waals surface area contributed by atoms with Gasteiger partial charge in [0.25, 0.3) is 0 Å². The van der Waals surface area contributed by atoms with Crippen molar-refractivity contribution in [3.8, 4) is 12.1 Å². The average Bonchev–Trinajstić information content (AvgIpc) is 2.56. The van der Waals surface area contributed by atoms with Crippen LogP contribution in [0.1, 0.15) is 34.4 Å². The zero-order valence-corrected chi connectivity index (χ0v) is 11.1. The number of aliphatic hydroxyl groups is 1. The van der Waals surface area contributed by atoms with Gasteiger partial charge in [-0.1, -0.05) is 30.3 Å². The van der Waals surface area contributed by atoms with Gasteiger partial charge in [-0.15, -0.1) is 0 Å². The van der Waals surface area contributed by atoms with Crippen LogP contribution < -0.4 is 0 Å². The van der Waals surface area contributed by atoms with Crippen LogP contribution in [0, 0.1) is 29.2 Å². The molecule has 2 atom stereocenters. The summed E-state index contributed by atoms with van der Waals surface area (Å²) in [7, 11) is 0. The molecule has 0 fully saturated rings.